The lowest BCUT2D eigenvalue weighted by Gasteiger charge is -2.17. The topological polar surface area (TPSA) is 76.7 Å². The van der Waals surface area contributed by atoms with Gasteiger partial charge in [0.05, 0.1) is 0 Å². The molecular weight excluding hydrogens is 451 g/mol. The highest BCUT2D eigenvalue weighted by Gasteiger charge is 2.17. The monoisotopic (exact) mass is 472 g/mol. The van der Waals surface area contributed by atoms with Crippen LogP contribution in [0.5, 0.6) is 11.5 Å². The van der Waals surface area contributed by atoms with E-state index in [-0.39, 0.29) is 11.8 Å². The van der Waals surface area contributed by atoms with Gasteiger partial charge in [0.1, 0.15) is 11.5 Å². The first-order valence-corrected chi connectivity index (χ1v) is 10.6. The molecule has 8 heteroatoms. The number of halogens is 2. The van der Waals surface area contributed by atoms with Crippen molar-refractivity contribution in [3.05, 3.63) is 82.8 Å². The molecule has 166 valence electrons. The van der Waals surface area contributed by atoms with Gasteiger partial charge >= 0.3 is 0 Å². The maximum Gasteiger partial charge on any atom is 0.265 e. The normalized spacial score (nSPS) is 12.4. The highest BCUT2D eigenvalue weighted by Crippen LogP contribution is 2.21. The fraction of sp³-hybridized carbons (Fsp3) is 0.167. The second-order valence-electron chi connectivity index (χ2n) is 6.99. The van der Waals surface area contributed by atoms with Crippen LogP contribution in [0, 0.1) is 0 Å². The predicted molar refractivity (Wildman–Crippen MR) is 127 cm³/mol. The highest BCUT2D eigenvalue weighted by atomic mass is 35.5. The zero-order valence-electron chi connectivity index (χ0n) is 17.5. The summed E-state index contributed by atoms with van der Waals surface area (Å²) >= 11 is 11.9. The van der Waals surface area contributed by atoms with Gasteiger partial charge in [-0.1, -0.05) is 41.4 Å². The molecule has 0 aliphatic carbocycles. The number of anilines is 2. The van der Waals surface area contributed by atoms with Crippen LogP contribution in [-0.4, -0.2) is 24.0 Å². The van der Waals surface area contributed by atoms with Crippen LogP contribution >= 0.6 is 23.2 Å². The lowest BCUT2D eigenvalue weighted by Crippen LogP contribution is -2.31. The first-order chi connectivity index (χ1) is 15.3. The van der Waals surface area contributed by atoms with E-state index >= 15 is 0 Å². The minimum absolute atomic E-state index is 0.342. The molecular formula is C24H22Cl2N2O4. The van der Waals surface area contributed by atoms with Gasteiger partial charge in [-0.15, -0.1) is 0 Å². The Morgan fingerprint density at radius 1 is 0.688 bits per heavy atom. The third-order valence-electron chi connectivity index (χ3n) is 4.35. The van der Waals surface area contributed by atoms with Crippen LogP contribution in [0.3, 0.4) is 0 Å². The molecule has 0 heterocycles. The van der Waals surface area contributed by atoms with Crippen molar-refractivity contribution in [2.75, 3.05) is 10.6 Å². The second kappa shape index (κ2) is 10.9. The third-order valence-corrected chi connectivity index (χ3v) is 4.82. The Kier molecular flexibility index (Phi) is 7.98. The van der Waals surface area contributed by atoms with Crippen LogP contribution in [0.4, 0.5) is 11.4 Å². The summed E-state index contributed by atoms with van der Waals surface area (Å²) < 4.78 is 11.3. The smallest absolute Gasteiger partial charge is 0.265 e. The summed E-state index contributed by atoms with van der Waals surface area (Å²) in [7, 11) is 0. The van der Waals surface area contributed by atoms with E-state index in [2.05, 4.69) is 10.6 Å². The number of amides is 2. The minimum atomic E-state index is -0.752. The van der Waals surface area contributed by atoms with Crippen LogP contribution in [0.25, 0.3) is 0 Å². The lowest BCUT2D eigenvalue weighted by atomic mass is 10.2. The van der Waals surface area contributed by atoms with Crippen molar-refractivity contribution < 1.29 is 19.1 Å². The maximum absolute atomic E-state index is 12.5. The van der Waals surface area contributed by atoms with E-state index in [1.807, 2.05) is 0 Å². The summed E-state index contributed by atoms with van der Waals surface area (Å²) in [6.07, 6.45) is -1.50. The molecule has 0 saturated carbocycles. The Morgan fingerprint density at radius 3 is 1.50 bits per heavy atom. The molecule has 0 bridgehead atoms. The molecule has 0 aromatic heterocycles. The molecule has 3 aromatic rings. The summed E-state index contributed by atoms with van der Waals surface area (Å²) in [6, 6.07) is 20.4. The standard InChI is InChI=1S/C24H22Cl2N2O4/c1-15(31-21-10-3-6-17(25)12-21)23(29)27-19-8-5-9-20(14-19)28-24(30)16(2)32-22-11-4-7-18(26)13-22/h3-16H,1-2H3,(H,27,29)(H,28,30)/t15-,16-/m1/s1. The quantitative estimate of drug-likeness (QED) is 0.433. The van der Waals surface area contributed by atoms with Gasteiger partial charge < -0.3 is 20.1 Å². The maximum atomic E-state index is 12.5. The van der Waals surface area contributed by atoms with Crippen molar-refractivity contribution in [1.29, 1.82) is 0 Å². The fourth-order valence-corrected chi connectivity index (χ4v) is 3.12. The first-order valence-electron chi connectivity index (χ1n) is 9.86. The van der Waals surface area contributed by atoms with Crippen molar-refractivity contribution in [2.45, 2.75) is 26.1 Å². The van der Waals surface area contributed by atoms with E-state index in [9.17, 15) is 9.59 Å². The van der Waals surface area contributed by atoms with Crippen LogP contribution in [0.2, 0.25) is 10.0 Å². The Bertz CT molecular complexity index is 1020. The molecule has 6 nitrogen and oxygen atoms in total. The van der Waals surface area contributed by atoms with Gasteiger partial charge in [0.2, 0.25) is 0 Å². The zero-order valence-corrected chi connectivity index (χ0v) is 19.0. The van der Waals surface area contributed by atoms with Crippen molar-refractivity contribution in [3.8, 4) is 11.5 Å². The van der Waals surface area contributed by atoms with E-state index in [1.54, 1.807) is 86.6 Å². The molecule has 2 amide bonds. The van der Waals surface area contributed by atoms with E-state index < -0.39 is 12.2 Å². The van der Waals surface area contributed by atoms with Crippen LogP contribution < -0.4 is 20.1 Å². The van der Waals surface area contributed by atoms with E-state index in [0.717, 1.165) is 0 Å². The number of nitrogens with one attached hydrogen (secondary N) is 2. The number of hydrogen-bond donors (Lipinski definition) is 2. The Labute approximate surface area is 196 Å². The first kappa shape index (κ1) is 23.4. The Hall–Kier alpha value is -3.22. The van der Waals surface area contributed by atoms with Gasteiger partial charge in [-0.3, -0.25) is 9.59 Å². The number of ether oxygens (including phenoxy) is 2. The predicted octanol–water partition coefficient (Wildman–Crippen LogP) is 5.81. The fourth-order valence-electron chi connectivity index (χ4n) is 2.76. The van der Waals surface area contributed by atoms with Crippen LogP contribution in [0.1, 0.15) is 13.8 Å². The Morgan fingerprint density at radius 2 is 1.09 bits per heavy atom. The zero-order chi connectivity index (χ0) is 23.1. The van der Waals surface area contributed by atoms with Crippen molar-refractivity contribution >= 4 is 46.4 Å². The molecule has 32 heavy (non-hydrogen) atoms. The van der Waals surface area contributed by atoms with Gasteiger partial charge in [-0.25, -0.2) is 0 Å². The van der Waals surface area contributed by atoms with E-state index in [1.165, 1.54) is 0 Å². The summed E-state index contributed by atoms with van der Waals surface area (Å²) in [5, 5.41) is 6.58. The largest absolute Gasteiger partial charge is 0.481 e. The second-order valence-corrected chi connectivity index (χ2v) is 7.87. The molecule has 0 aliphatic heterocycles. The molecule has 0 unspecified atom stereocenters. The Balaban J connectivity index is 1.57. The number of hydrogen-bond acceptors (Lipinski definition) is 4. The number of rotatable bonds is 8. The average Bonchev–Trinajstić information content (AvgIpc) is 2.74. The molecule has 0 radical (unpaired) electrons. The summed E-state index contributed by atoms with van der Waals surface area (Å²) in [5.41, 5.74) is 1.02. The number of benzene rings is 3. The molecule has 0 aliphatic rings. The molecule has 2 atom stereocenters. The molecule has 0 saturated heterocycles. The number of carbonyl (C=O) groups excluding carboxylic acids is 2. The van der Waals surface area contributed by atoms with Crippen molar-refractivity contribution in [3.63, 3.8) is 0 Å². The molecule has 0 spiro atoms. The summed E-state index contributed by atoms with van der Waals surface area (Å²) in [6.45, 7) is 3.27. The van der Waals surface area contributed by atoms with Gasteiger partial charge in [0.15, 0.2) is 12.2 Å². The van der Waals surface area contributed by atoms with Gasteiger partial charge in [-0.05, 0) is 68.4 Å². The van der Waals surface area contributed by atoms with Gasteiger partial charge in [-0.2, -0.15) is 0 Å². The number of carbonyl (C=O) groups is 2. The van der Waals surface area contributed by atoms with Gasteiger partial charge in [0.25, 0.3) is 11.8 Å². The van der Waals surface area contributed by atoms with Crippen LogP contribution in [0.15, 0.2) is 72.8 Å². The lowest BCUT2D eigenvalue weighted by molar-refractivity contribution is -0.122. The van der Waals surface area contributed by atoms with Crippen molar-refractivity contribution in [1.82, 2.24) is 0 Å². The summed E-state index contributed by atoms with van der Waals surface area (Å²) in [4.78, 5) is 25.0. The highest BCUT2D eigenvalue weighted by molar-refractivity contribution is 6.31. The summed E-state index contributed by atoms with van der Waals surface area (Å²) in [5.74, 6) is 0.307. The molecule has 3 aromatic carbocycles. The van der Waals surface area contributed by atoms with E-state index in [4.69, 9.17) is 32.7 Å². The van der Waals surface area contributed by atoms with Crippen molar-refractivity contribution in [2.24, 2.45) is 0 Å². The van der Waals surface area contributed by atoms with E-state index in [0.29, 0.717) is 32.9 Å². The molecule has 2 N–H and O–H groups in total. The molecule has 3 rings (SSSR count). The minimum Gasteiger partial charge on any atom is -0.481 e. The van der Waals surface area contributed by atoms with Gasteiger partial charge in [0, 0.05) is 21.4 Å². The average molecular weight is 473 g/mol. The third kappa shape index (κ3) is 6.90. The SMILES string of the molecule is C[C@@H](Oc1cccc(Cl)c1)C(=O)Nc1cccc(NC(=O)[C@@H](C)Oc2cccc(Cl)c2)c1. The van der Waals surface area contributed by atoms with Crippen LogP contribution in [-0.2, 0) is 9.59 Å². The molecule has 0 fully saturated rings.